The van der Waals surface area contributed by atoms with Crippen LogP contribution in [0.3, 0.4) is 0 Å². The number of aryl methyl sites for hydroxylation is 1. The van der Waals surface area contributed by atoms with Crippen molar-refractivity contribution in [3.63, 3.8) is 0 Å². The molecular weight excluding hydrogens is 442 g/mol. The fourth-order valence-corrected chi connectivity index (χ4v) is 5.09. The molecule has 0 spiro atoms. The number of amides is 1. The molecule has 0 saturated carbocycles. The molecule has 2 aromatic rings. The number of hydrogen-bond donors (Lipinski definition) is 1. The van der Waals surface area contributed by atoms with Gasteiger partial charge >= 0.3 is 0 Å². The molecular formula is C19H26BrN5O2S. The summed E-state index contributed by atoms with van der Waals surface area (Å²) in [7, 11) is 1.64. The number of benzene rings is 1. The zero-order valence-corrected chi connectivity index (χ0v) is 19.0. The molecule has 152 valence electrons. The molecule has 1 aliphatic rings. The minimum atomic E-state index is -0.325. The minimum absolute atomic E-state index is 0.130. The first-order chi connectivity index (χ1) is 13.5. The number of carbonyl (C=O) groups is 1. The third-order valence-corrected chi connectivity index (χ3v) is 6.50. The molecule has 0 aliphatic carbocycles. The molecule has 0 saturated heterocycles. The van der Waals surface area contributed by atoms with Crippen LogP contribution < -0.4 is 10.2 Å². The molecule has 2 heterocycles. The summed E-state index contributed by atoms with van der Waals surface area (Å²) < 4.78 is 8.07. The molecule has 1 aromatic carbocycles. The van der Waals surface area contributed by atoms with Gasteiger partial charge in [0.15, 0.2) is 0 Å². The second-order valence-corrected chi connectivity index (χ2v) is 8.69. The predicted molar refractivity (Wildman–Crippen MR) is 114 cm³/mol. The van der Waals surface area contributed by atoms with E-state index >= 15 is 0 Å². The Morgan fingerprint density at radius 3 is 2.64 bits per heavy atom. The number of halogens is 1. The van der Waals surface area contributed by atoms with E-state index in [0.29, 0.717) is 5.16 Å². The lowest BCUT2D eigenvalue weighted by Crippen LogP contribution is -2.46. The maximum Gasteiger partial charge on any atom is 0.238 e. The van der Waals surface area contributed by atoms with Gasteiger partial charge in [0, 0.05) is 13.1 Å². The van der Waals surface area contributed by atoms with E-state index in [2.05, 4.69) is 45.4 Å². The number of thioether (sulfide) groups is 1. The highest BCUT2D eigenvalue weighted by molar-refractivity contribution is 9.10. The van der Waals surface area contributed by atoms with Gasteiger partial charge < -0.3 is 15.1 Å². The summed E-state index contributed by atoms with van der Waals surface area (Å²) in [5.74, 6) is 1.66. The van der Waals surface area contributed by atoms with Crippen LogP contribution in [0.25, 0.3) is 0 Å². The van der Waals surface area contributed by atoms with Gasteiger partial charge in [-0.15, -0.1) is 10.2 Å². The number of rotatable bonds is 7. The van der Waals surface area contributed by atoms with Gasteiger partial charge in [0.05, 0.1) is 17.6 Å². The Morgan fingerprint density at radius 1 is 1.32 bits per heavy atom. The molecule has 1 aliphatic heterocycles. The van der Waals surface area contributed by atoms with Crippen LogP contribution in [-0.2, 0) is 4.79 Å². The lowest BCUT2D eigenvalue weighted by atomic mass is 10.0. The van der Waals surface area contributed by atoms with Crippen LogP contribution in [0.1, 0.15) is 44.1 Å². The summed E-state index contributed by atoms with van der Waals surface area (Å²) in [5.41, 5.74) is 4.46. The zero-order valence-electron chi connectivity index (χ0n) is 16.6. The Bertz CT molecular complexity index is 838. The largest absolute Gasteiger partial charge is 0.496 e. The molecule has 28 heavy (non-hydrogen) atoms. The van der Waals surface area contributed by atoms with Crippen molar-refractivity contribution in [2.75, 3.05) is 25.6 Å². The van der Waals surface area contributed by atoms with Crippen molar-refractivity contribution in [3.8, 4) is 5.75 Å². The second-order valence-electron chi connectivity index (χ2n) is 6.73. The SMILES string of the molecule is CCCN(CCC)C(=O)C1Sc2nnc(C)n2NC1c1ccc(OC)c(Br)c1. The van der Waals surface area contributed by atoms with Crippen molar-refractivity contribution in [3.05, 3.63) is 34.1 Å². The molecule has 0 bridgehead atoms. The lowest BCUT2D eigenvalue weighted by molar-refractivity contribution is -0.131. The zero-order chi connectivity index (χ0) is 20.3. The highest BCUT2D eigenvalue weighted by atomic mass is 79.9. The molecule has 0 radical (unpaired) electrons. The van der Waals surface area contributed by atoms with Gasteiger partial charge in [0.2, 0.25) is 11.1 Å². The van der Waals surface area contributed by atoms with Gasteiger partial charge in [0.1, 0.15) is 16.8 Å². The Balaban J connectivity index is 1.99. The first-order valence-electron chi connectivity index (χ1n) is 9.47. The summed E-state index contributed by atoms with van der Waals surface area (Å²) in [6, 6.07) is 5.71. The Hall–Kier alpha value is -1.74. The van der Waals surface area contributed by atoms with E-state index in [0.717, 1.165) is 47.5 Å². The molecule has 2 atom stereocenters. The van der Waals surface area contributed by atoms with Crippen molar-refractivity contribution in [1.82, 2.24) is 19.8 Å². The van der Waals surface area contributed by atoms with E-state index in [1.807, 2.05) is 34.7 Å². The van der Waals surface area contributed by atoms with E-state index in [-0.39, 0.29) is 17.2 Å². The van der Waals surface area contributed by atoms with Crippen molar-refractivity contribution >= 4 is 33.6 Å². The van der Waals surface area contributed by atoms with Crippen LogP contribution in [0.2, 0.25) is 0 Å². The summed E-state index contributed by atoms with van der Waals surface area (Å²) in [6.07, 6.45) is 1.87. The molecule has 2 unspecified atom stereocenters. The summed E-state index contributed by atoms with van der Waals surface area (Å²) in [4.78, 5) is 15.4. The summed E-state index contributed by atoms with van der Waals surface area (Å²) >= 11 is 5.04. The Morgan fingerprint density at radius 2 is 2.04 bits per heavy atom. The number of fused-ring (bicyclic) bond motifs is 1. The lowest BCUT2D eigenvalue weighted by Gasteiger charge is -2.36. The number of nitrogens with one attached hydrogen (secondary N) is 1. The smallest absolute Gasteiger partial charge is 0.238 e. The van der Waals surface area contributed by atoms with E-state index in [4.69, 9.17) is 4.74 Å². The fraction of sp³-hybridized carbons (Fsp3) is 0.526. The van der Waals surface area contributed by atoms with Gasteiger partial charge in [-0.25, -0.2) is 4.68 Å². The molecule has 7 nitrogen and oxygen atoms in total. The van der Waals surface area contributed by atoms with Gasteiger partial charge in [-0.05, 0) is 53.4 Å². The van der Waals surface area contributed by atoms with Crippen LogP contribution >= 0.6 is 27.7 Å². The Labute approximate surface area is 178 Å². The van der Waals surface area contributed by atoms with Crippen molar-refractivity contribution < 1.29 is 9.53 Å². The molecule has 0 fully saturated rings. The van der Waals surface area contributed by atoms with E-state index in [9.17, 15) is 4.79 Å². The Kier molecular flexibility index (Phi) is 6.87. The number of methoxy groups -OCH3 is 1. The van der Waals surface area contributed by atoms with Crippen LogP contribution in [0.4, 0.5) is 0 Å². The van der Waals surface area contributed by atoms with Gasteiger partial charge in [-0.2, -0.15) is 0 Å². The first kappa shape index (κ1) is 21.0. The molecule has 3 rings (SSSR count). The van der Waals surface area contributed by atoms with Gasteiger partial charge in [0.25, 0.3) is 0 Å². The fourth-order valence-electron chi connectivity index (χ4n) is 3.33. The van der Waals surface area contributed by atoms with Gasteiger partial charge in [-0.1, -0.05) is 31.7 Å². The predicted octanol–water partition coefficient (Wildman–Crippen LogP) is 3.77. The van der Waals surface area contributed by atoms with Crippen LogP contribution in [0.5, 0.6) is 5.75 Å². The molecule has 1 N–H and O–H groups in total. The number of carbonyl (C=O) groups excluding carboxylic acids is 1. The summed E-state index contributed by atoms with van der Waals surface area (Å²) in [6.45, 7) is 7.61. The standard InChI is InChI=1S/C19H26BrN5O2S/c1-5-9-24(10-6-2)18(26)17-16(13-7-8-15(27-4)14(20)11-13)23-25-12(3)21-22-19(25)28-17/h7-8,11,16-17,23H,5-6,9-10H2,1-4H3. The van der Waals surface area contributed by atoms with Crippen molar-refractivity contribution in [1.29, 1.82) is 0 Å². The number of hydrogen-bond acceptors (Lipinski definition) is 6. The quantitative estimate of drug-likeness (QED) is 0.667. The van der Waals surface area contributed by atoms with Crippen molar-refractivity contribution in [2.24, 2.45) is 0 Å². The normalized spacial score (nSPS) is 18.3. The number of ether oxygens (including phenoxy) is 1. The third kappa shape index (κ3) is 4.15. The first-order valence-corrected chi connectivity index (χ1v) is 11.1. The van der Waals surface area contributed by atoms with E-state index in [1.165, 1.54) is 11.8 Å². The highest BCUT2D eigenvalue weighted by Crippen LogP contribution is 2.39. The third-order valence-electron chi connectivity index (χ3n) is 4.68. The van der Waals surface area contributed by atoms with Crippen LogP contribution in [0.15, 0.2) is 27.8 Å². The average Bonchev–Trinajstić information content (AvgIpc) is 3.06. The maximum absolute atomic E-state index is 13.5. The minimum Gasteiger partial charge on any atom is -0.496 e. The maximum atomic E-state index is 13.5. The number of aromatic nitrogens is 3. The molecule has 9 heteroatoms. The van der Waals surface area contributed by atoms with E-state index < -0.39 is 0 Å². The molecule has 1 aromatic heterocycles. The number of nitrogens with zero attached hydrogens (tertiary/aromatic N) is 4. The monoisotopic (exact) mass is 467 g/mol. The second kappa shape index (κ2) is 9.17. The average molecular weight is 468 g/mol. The van der Waals surface area contributed by atoms with Crippen LogP contribution in [0, 0.1) is 6.92 Å². The van der Waals surface area contributed by atoms with Crippen LogP contribution in [-0.4, -0.2) is 51.1 Å². The van der Waals surface area contributed by atoms with Gasteiger partial charge in [-0.3, -0.25) is 4.79 Å². The topological polar surface area (TPSA) is 72.3 Å². The molecule has 1 amide bonds. The highest BCUT2D eigenvalue weighted by Gasteiger charge is 2.39. The summed E-state index contributed by atoms with van der Waals surface area (Å²) in [5, 5.41) is 8.78. The van der Waals surface area contributed by atoms with Crippen molar-refractivity contribution in [2.45, 2.75) is 50.1 Å². The van der Waals surface area contributed by atoms with E-state index in [1.54, 1.807) is 7.11 Å².